The zero-order valence-corrected chi connectivity index (χ0v) is 22.6. The Bertz CT molecular complexity index is 1880. The van der Waals surface area contributed by atoms with Crippen LogP contribution in [0.1, 0.15) is 29.7 Å². The smallest absolute Gasteiger partial charge is 0.338 e. The van der Waals surface area contributed by atoms with E-state index in [1.807, 2.05) is 6.07 Å². The number of methoxy groups -OCH3 is 1. The van der Waals surface area contributed by atoms with Crippen LogP contribution in [-0.2, 0) is 9.53 Å². The van der Waals surface area contributed by atoms with Crippen LogP contribution in [-0.4, -0.2) is 34.3 Å². The second kappa shape index (κ2) is 11.2. The maximum atomic E-state index is 13.9. The number of thiazole rings is 1. The summed E-state index contributed by atoms with van der Waals surface area (Å²) in [7, 11) is 1.25. The van der Waals surface area contributed by atoms with Crippen molar-refractivity contribution in [1.82, 2.24) is 4.57 Å². The number of aromatic hydroxyl groups is 1. The van der Waals surface area contributed by atoms with E-state index in [0.29, 0.717) is 16.8 Å². The monoisotopic (exact) mass is 575 g/mol. The normalized spacial score (nSPS) is 14.8. The molecule has 1 aromatic heterocycles. The summed E-state index contributed by atoms with van der Waals surface area (Å²) in [5, 5.41) is 21.6. The maximum absolute atomic E-state index is 13.9. The summed E-state index contributed by atoms with van der Waals surface area (Å²) in [4.78, 5) is 43.0. The molecular weight excluding hydrogens is 553 g/mol. The summed E-state index contributed by atoms with van der Waals surface area (Å²) < 4.78 is 25.8. The first-order valence-corrected chi connectivity index (χ1v) is 13.1. The van der Waals surface area contributed by atoms with Crippen molar-refractivity contribution in [2.45, 2.75) is 13.0 Å². The number of fused-ring (bicyclic) bond motifs is 1. The zero-order valence-electron chi connectivity index (χ0n) is 21.7. The minimum atomic E-state index is -1.01. The van der Waals surface area contributed by atoms with Crippen LogP contribution in [0, 0.1) is 15.9 Å². The number of ether oxygens (including phenoxy) is 2. The molecule has 0 unspecified atom stereocenters. The van der Waals surface area contributed by atoms with Gasteiger partial charge in [-0.1, -0.05) is 53.8 Å². The van der Waals surface area contributed by atoms with Gasteiger partial charge in [-0.05, 0) is 42.3 Å². The molecule has 0 aliphatic carbocycles. The molecular formula is C29H22FN3O7S. The molecule has 1 atom stereocenters. The molecule has 41 heavy (non-hydrogen) atoms. The van der Waals surface area contributed by atoms with Crippen LogP contribution >= 0.6 is 11.3 Å². The van der Waals surface area contributed by atoms with Gasteiger partial charge in [0.05, 0.1) is 40.5 Å². The molecule has 0 radical (unpaired) electrons. The lowest BCUT2D eigenvalue weighted by atomic mass is 9.93. The lowest BCUT2D eigenvalue weighted by Crippen LogP contribution is -2.40. The van der Waals surface area contributed by atoms with Crippen LogP contribution in [0.15, 0.2) is 82.1 Å². The third kappa shape index (κ3) is 5.12. The van der Waals surface area contributed by atoms with Gasteiger partial charge in [0.25, 0.3) is 5.56 Å². The van der Waals surface area contributed by atoms with E-state index in [4.69, 9.17) is 14.5 Å². The molecule has 2 heterocycles. The molecule has 0 amide bonds. The van der Waals surface area contributed by atoms with Crippen LogP contribution < -0.4 is 19.6 Å². The van der Waals surface area contributed by atoms with E-state index >= 15 is 0 Å². The fourth-order valence-electron chi connectivity index (χ4n) is 4.54. The minimum Gasteiger partial charge on any atom is -0.500 e. The maximum Gasteiger partial charge on any atom is 0.338 e. The van der Waals surface area contributed by atoms with E-state index in [0.717, 1.165) is 17.4 Å². The van der Waals surface area contributed by atoms with Crippen molar-refractivity contribution in [3.05, 3.63) is 125 Å². The molecule has 0 bridgehead atoms. The molecule has 0 saturated carbocycles. The molecule has 0 saturated heterocycles. The van der Waals surface area contributed by atoms with E-state index in [2.05, 4.69) is 0 Å². The number of esters is 1. The number of rotatable bonds is 7. The second-order valence-corrected chi connectivity index (χ2v) is 9.84. The Morgan fingerprint density at radius 3 is 2.54 bits per heavy atom. The lowest BCUT2D eigenvalue weighted by molar-refractivity contribution is -0.386. The van der Waals surface area contributed by atoms with Gasteiger partial charge in [-0.3, -0.25) is 19.5 Å². The van der Waals surface area contributed by atoms with Gasteiger partial charge in [-0.25, -0.2) is 14.2 Å². The molecule has 12 heteroatoms. The first kappa shape index (κ1) is 27.5. The molecule has 4 aromatic rings. The highest BCUT2D eigenvalue weighted by molar-refractivity contribution is 7.07. The van der Waals surface area contributed by atoms with E-state index < -0.39 is 39.7 Å². The molecule has 3 aromatic carbocycles. The number of phenols is 1. The van der Waals surface area contributed by atoms with Gasteiger partial charge >= 0.3 is 11.7 Å². The summed E-state index contributed by atoms with van der Waals surface area (Å²) in [6, 6.07) is 15.8. The lowest BCUT2D eigenvalue weighted by Gasteiger charge is -2.25. The number of hydrogen-bond acceptors (Lipinski definition) is 9. The van der Waals surface area contributed by atoms with Gasteiger partial charge in [-0.15, -0.1) is 0 Å². The summed E-state index contributed by atoms with van der Waals surface area (Å²) in [5.41, 5.74) is 0.559. The van der Waals surface area contributed by atoms with E-state index in [-0.39, 0.29) is 32.8 Å². The van der Waals surface area contributed by atoms with Crippen molar-refractivity contribution in [3.63, 3.8) is 0 Å². The second-order valence-electron chi connectivity index (χ2n) is 8.83. The number of benzene rings is 3. The van der Waals surface area contributed by atoms with Crippen molar-refractivity contribution in [2.24, 2.45) is 4.99 Å². The number of aromatic nitrogens is 1. The third-order valence-corrected chi connectivity index (χ3v) is 7.33. The fraction of sp³-hybridized carbons (Fsp3) is 0.138. The van der Waals surface area contributed by atoms with Gasteiger partial charge < -0.3 is 14.6 Å². The number of nitro benzene ring substituents is 1. The number of nitrogens with zero attached hydrogens (tertiary/aromatic N) is 3. The first-order chi connectivity index (χ1) is 19.7. The van der Waals surface area contributed by atoms with Gasteiger partial charge in [-0.2, -0.15) is 0 Å². The Morgan fingerprint density at radius 2 is 1.90 bits per heavy atom. The number of carbonyl (C=O) groups is 1. The van der Waals surface area contributed by atoms with Crippen LogP contribution in [0.5, 0.6) is 11.5 Å². The molecule has 1 N–H and O–H groups in total. The average molecular weight is 576 g/mol. The van der Waals surface area contributed by atoms with Crippen molar-refractivity contribution in [3.8, 4) is 11.5 Å². The molecule has 208 valence electrons. The van der Waals surface area contributed by atoms with E-state index in [1.165, 1.54) is 48.1 Å². The number of halogens is 1. The quantitative estimate of drug-likeness (QED) is 0.202. The summed E-state index contributed by atoms with van der Waals surface area (Å²) in [6.07, 6.45) is 1.41. The third-order valence-electron chi connectivity index (χ3n) is 6.35. The van der Waals surface area contributed by atoms with Crippen molar-refractivity contribution in [2.75, 3.05) is 13.7 Å². The predicted molar refractivity (Wildman–Crippen MR) is 149 cm³/mol. The Morgan fingerprint density at radius 1 is 1.20 bits per heavy atom. The van der Waals surface area contributed by atoms with Gasteiger partial charge in [0.2, 0.25) is 5.75 Å². The predicted octanol–water partition coefficient (Wildman–Crippen LogP) is 3.70. The Hall–Kier alpha value is -5.10. The van der Waals surface area contributed by atoms with Gasteiger partial charge in [0, 0.05) is 11.6 Å². The fourth-order valence-corrected chi connectivity index (χ4v) is 5.55. The first-order valence-electron chi connectivity index (χ1n) is 12.3. The Balaban J connectivity index is 1.82. The molecule has 1 aliphatic heterocycles. The largest absolute Gasteiger partial charge is 0.500 e. The minimum absolute atomic E-state index is 0.0758. The zero-order chi connectivity index (χ0) is 29.3. The highest BCUT2D eigenvalue weighted by atomic mass is 32.1. The van der Waals surface area contributed by atoms with Crippen LogP contribution in [0.2, 0.25) is 0 Å². The molecule has 10 nitrogen and oxygen atoms in total. The summed E-state index contributed by atoms with van der Waals surface area (Å²) in [5.74, 6) is -1.95. The van der Waals surface area contributed by atoms with Crippen LogP contribution in [0.4, 0.5) is 10.1 Å². The van der Waals surface area contributed by atoms with Crippen molar-refractivity contribution >= 4 is 34.8 Å². The van der Waals surface area contributed by atoms with Crippen molar-refractivity contribution in [1.29, 1.82) is 0 Å². The number of carbonyl (C=O) groups excluding carboxylic acids is 1. The average Bonchev–Trinajstić information content (AvgIpc) is 3.28. The molecule has 0 spiro atoms. The standard InChI is InChI=1S/C29H22FN3O7S/c1-3-40-28(36)23-24(17-7-5-4-6-8-17)31-29-32(25(23)18-9-11-19(30)12-10-18)27(35)22(41-29)15-16-13-20(33(37)38)26(34)21(14-16)39-2/h4-15,25,34H,3H2,1-2H3/b22-15-/t25-/m1/s1. The highest BCUT2D eigenvalue weighted by Crippen LogP contribution is 2.37. The van der Waals surface area contributed by atoms with E-state index in [9.17, 15) is 29.2 Å². The topological polar surface area (TPSA) is 133 Å². The van der Waals surface area contributed by atoms with Crippen LogP contribution in [0.3, 0.4) is 0 Å². The molecule has 0 fully saturated rings. The summed E-state index contributed by atoms with van der Waals surface area (Å²) in [6.45, 7) is 1.74. The summed E-state index contributed by atoms with van der Waals surface area (Å²) >= 11 is 1.01. The van der Waals surface area contributed by atoms with Crippen molar-refractivity contribution < 1.29 is 28.7 Å². The van der Waals surface area contributed by atoms with Crippen LogP contribution in [0.25, 0.3) is 11.8 Å². The number of hydrogen-bond donors (Lipinski definition) is 1. The van der Waals surface area contributed by atoms with E-state index in [1.54, 1.807) is 31.2 Å². The Labute approximate surface area is 235 Å². The highest BCUT2D eigenvalue weighted by Gasteiger charge is 2.35. The van der Waals surface area contributed by atoms with Gasteiger partial charge in [0.1, 0.15) is 5.82 Å². The molecule has 5 rings (SSSR count). The number of nitro groups is 1. The SMILES string of the molecule is CCOC(=O)C1=C(c2ccccc2)N=c2s/c(=C\c3cc(OC)c(O)c([N+](=O)[O-])c3)c(=O)n2[C@@H]1c1ccc(F)cc1. The Kier molecular flexibility index (Phi) is 7.49. The van der Waals surface area contributed by atoms with Gasteiger partial charge in [0.15, 0.2) is 10.6 Å². The molecule has 1 aliphatic rings. The number of phenolic OH excluding ortho intramolecular Hbond substituents is 1.